The fourth-order valence-corrected chi connectivity index (χ4v) is 2.83. The number of rotatable bonds is 5. The molecule has 0 saturated carbocycles. The second kappa shape index (κ2) is 5.93. The molecule has 7 atom stereocenters. The van der Waals surface area contributed by atoms with E-state index in [1.807, 2.05) is 0 Å². The van der Waals surface area contributed by atoms with Gasteiger partial charge in [0.1, 0.15) is 24.4 Å². The molecule has 3 heterocycles. The second-order valence-corrected chi connectivity index (χ2v) is 5.07. The van der Waals surface area contributed by atoms with Crippen molar-refractivity contribution in [3.05, 3.63) is 25.3 Å². The first-order valence-electron chi connectivity index (χ1n) is 6.86. The topological polar surface area (TPSA) is 66.4 Å². The Labute approximate surface area is 117 Å². The first-order chi connectivity index (χ1) is 9.76. The third-order valence-corrected chi connectivity index (χ3v) is 3.70. The number of hydrogen-bond donors (Lipinski definition) is 1. The van der Waals surface area contributed by atoms with Crippen molar-refractivity contribution in [2.45, 2.75) is 56.1 Å². The summed E-state index contributed by atoms with van der Waals surface area (Å²) in [7, 11) is 0. The molecule has 7 unspecified atom stereocenters. The van der Waals surface area contributed by atoms with Crippen LogP contribution in [-0.2, 0) is 23.7 Å². The number of aliphatic hydroxyl groups excluding tert-OH is 1. The minimum absolute atomic E-state index is 0.131. The van der Waals surface area contributed by atoms with E-state index in [2.05, 4.69) is 13.2 Å². The molecule has 0 aliphatic carbocycles. The van der Waals surface area contributed by atoms with Crippen LogP contribution in [0.3, 0.4) is 0 Å². The van der Waals surface area contributed by atoms with Gasteiger partial charge in [0.15, 0.2) is 18.9 Å². The summed E-state index contributed by atoms with van der Waals surface area (Å²) in [6.07, 6.45) is 1.95. The summed E-state index contributed by atoms with van der Waals surface area (Å²) < 4.78 is 28.7. The Kier molecular flexibility index (Phi) is 4.21. The van der Waals surface area contributed by atoms with Crippen LogP contribution < -0.4 is 0 Å². The highest BCUT2D eigenvalue weighted by Gasteiger charge is 2.57. The summed E-state index contributed by atoms with van der Waals surface area (Å²) in [6.45, 7) is 7.21. The van der Waals surface area contributed by atoms with Crippen molar-refractivity contribution in [3.8, 4) is 0 Å². The van der Waals surface area contributed by atoms with E-state index in [0.717, 1.165) is 0 Å². The van der Waals surface area contributed by atoms with E-state index in [9.17, 15) is 5.11 Å². The van der Waals surface area contributed by atoms with Gasteiger partial charge >= 0.3 is 0 Å². The van der Waals surface area contributed by atoms with E-state index in [4.69, 9.17) is 23.7 Å². The van der Waals surface area contributed by atoms with Gasteiger partial charge in [-0.2, -0.15) is 0 Å². The van der Waals surface area contributed by atoms with Crippen LogP contribution in [0.4, 0.5) is 0 Å². The molecule has 0 aromatic carbocycles. The van der Waals surface area contributed by atoms with Crippen molar-refractivity contribution < 1.29 is 28.8 Å². The lowest BCUT2D eigenvalue weighted by atomic mass is 10.0. The van der Waals surface area contributed by atoms with E-state index in [1.165, 1.54) is 0 Å². The third-order valence-electron chi connectivity index (χ3n) is 3.70. The average Bonchev–Trinajstić information content (AvgIpc) is 2.96. The smallest absolute Gasteiger partial charge is 0.190 e. The van der Waals surface area contributed by atoms with Crippen LogP contribution >= 0.6 is 0 Å². The largest absolute Gasteiger partial charge is 0.394 e. The summed E-state index contributed by atoms with van der Waals surface area (Å²) in [5, 5.41) is 9.44. The van der Waals surface area contributed by atoms with Gasteiger partial charge in [0.2, 0.25) is 0 Å². The molecule has 0 aromatic rings. The van der Waals surface area contributed by atoms with Crippen molar-refractivity contribution in [1.82, 2.24) is 0 Å². The summed E-state index contributed by atoms with van der Waals surface area (Å²) in [5.41, 5.74) is 0. The minimum Gasteiger partial charge on any atom is -0.394 e. The van der Waals surface area contributed by atoms with Crippen LogP contribution in [0.2, 0.25) is 0 Å². The average molecular weight is 284 g/mol. The van der Waals surface area contributed by atoms with Crippen LogP contribution in [-0.4, -0.2) is 55.0 Å². The van der Waals surface area contributed by atoms with Crippen LogP contribution in [0, 0.1) is 0 Å². The van der Waals surface area contributed by atoms with Crippen LogP contribution in [0.1, 0.15) is 12.8 Å². The zero-order chi connectivity index (χ0) is 14.1. The van der Waals surface area contributed by atoms with E-state index >= 15 is 0 Å². The van der Waals surface area contributed by atoms with Crippen molar-refractivity contribution in [2.75, 3.05) is 6.61 Å². The Balaban J connectivity index is 1.71. The molecule has 3 saturated heterocycles. The molecule has 0 spiro atoms. The summed E-state index contributed by atoms with van der Waals surface area (Å²) in [5.74, 6) is 0. The number of fused-ring (bicyclic) bond motifs is 3. The molecule has 0 bridgehead atoms. The van der Waals surface area contributed by atoms with Gasteiger partial charge in [-0.3, -0.25) is 0 Å². The Morgan fingerprint density at radius 1 is 0.800 bits per heavy atom. The summed E-state index contributed by atoms with van der Waals surface area (Å²) in [6, 6.07) is 0. The highest BCUT2D eigenvalue weighted by atomic mass is 16.8. The predicted octanol–water partition coefficient (Wildman–Crippen LogP) is 0.707. The standard InChI is InChI=1S/C14H20O6/c1-3-5-9-16-8(7-15)11-12(17-9)13-14(20-11)19-10(18-13)6-4-2/h3-4,8-15H,1-2,5-7H2. The van der Waals surface area contributed by atoms with Gasteiger partial charge in [-0.15, -0.1) is 13.2 Å². The van der Waals surface area contributed by atoms with Gasteiger partial charge in [0.05, 0.1) is 6.61 Å². The van der Waals surface area contributed by atoms with Gasteiger partial charge in [-0.05, 0) is 0 Å². The Hall–Kier alpha value is -0.760. The molecule has 0 amide bonds. The zero-order valence-electron chi connectivity index (χ0n) is 11.2. The zero-order valence-corrected chi connectivity index (χ0v) is 11.2. The molecule has 20 heavy (non-hydrogen) atoms. The predicted molar refractivity (Wildman–Crippen MR) is 68.7 cm³/mol. The fourth-order valence-electron chi connectivity index (χ4n) is 2.83. The molecule has 3 aliphatic heterocycles. The van der Waals surface area contributed by atoms with E-state index in [1.54, 1.807) is 12.2 Å². The maximum atomic E-state index is 9.44. The van der Waals surface area contributed by atoms with E-state index < -0.39 is 18.7 Å². The lowest BCUT2D eigenvalue weighted by molar-refractivity contribution is -0.299. The lowest BCUT2D eigenvalue weighted by Crippen LogP contribution is -2.52. The lowest BCUT2D eigenvalue weighted by Gasteiger charge is -2.38. The molecule has 0 radical (unpaired) electrons. The van der Waals surface area contributed by atoms with Crippen molar-refractivity contribution in [2.24, 2.45) is 0 Å². The molecular formula is C14H20O6. The molecule has 0 aromatic heterocycles. The van der Waals surface area contributed by atoms with Gasteiger partial charge in [-0.1, -0.05) is 12.2 Å². The highest BCUT2D eigenvalue weighted by molar-refractivity contribution is 4.99. The number of ether oxygens (including phenoxy) is 5. The Morgan fingerprint density at radius 3 is 2.10 bits per heavy atom. The van der Waals surface area contributed by atoms with Crippen LogP contribution in [0.15, 0.2) is 25.3 Å². The molecule has 6 nitrogen and oxygen atoms in total. The first-order valence-corrected chi connectivity index (χ1v) is 6.86. The second-order valence-electron chi connectivity index (χ2n) is 5.07. The van der Waals surface area contributed by atoms with Crippen molar-refractivity contribution in [1.29, 1.82) is 0 Å². The Bertz CT molecular complexity index is 373. The molecule has 6 heteroatoms. The normalized spacial score (nSPS) is 46.8. The van der Waals surface area contributed by atoms with Gasteiger partial charge in [-0.25, -0.2) is 0 Å². The van der Waals surface area contributed by atoms with Crippen LogP contribution in [0.25, 0.3) is 0 Å². The first kappa shape index (κ1) is 14.2. The van der Waals surface area contributed by atoms with Gasteiger partial charge in [0.25, 0.3) is 0 Å². The highest BCUT2D eigenvalue weighted by Crippen LogP contribution is 2.40. The maximum Gasteiger partial charge on any atom is 0.190 e. The third kappa shape index (κ3) is 2.43. The minimum atomic E-state index is -0.477. The quantitative estimate of drug-likeness (QED) is 0.750. The van der Waals surface area contributed by atoms with E-state index in [0.29, 0.717) is 12.8 Å². The maximum absolute atomic E-state index is 9.44. The molecule has 1 N–H and O–H groups in total. The Morgan fingerprint density at radius 2 is 1.45 bits per heavy atom. The fraction of sp³-hybridized carbons (Fsp3) is 0.714. The summed E-state index contributed by atoms with van der Waals surface area (Å²) >= 11 is 0. The van der Waals surface area contributed by atoms with Gasteiger partial charge < -0.3 is 28.8 Å². The molecular weight excluding hydrogens is 264 g/mol. The summed E-state index contributed by atoms with van der Waals surface area (Å²) in [4.78, 5) is 0. The van der Waals surface area contributed by atoms with Crippen LogP contribution in [0.5, 0.6) is 0 Å². The molecule has 3 fully saturated rings. The monoisotopic (exact) mass is 284 g/mol. The molecule has 3 aliphatic rings. The van der Waals surface area contributed by atoms with E-state index in [-0.39, 0.29) is 31.2 Å². The van der Waals surface area contributed by atoms with Crippen molar-refractivity contribution >= 4 is 0 Å². The molecule has 112 valence electrons. The number of aliphatic hydroxyl groups is 1. The number of hydrogen-bond acceptors (Lipinski definition) is 6. The van der Waals surface area contributed by atoms with Gasteiger partial charge in [0, 0.05) is 12.8 Å². The SMILES string of the molecule is C=CCC1OC2OC3C(CO)OC(CC=C)OC3C2O1. The molecule has 3 rings (SSSR count). The van der Waals surface area contributed by atoms with Crippen molar-refractivity contribution in [3.63, 3.8) is 0 Å².